The number of imidazole rings is 1. The molecule has 2 fully saturated rings. The summed E-state index contributed by atoms with van der Waals surface area (Å²) in [5.74, 6) is 3.08. The molecule has 2 aliphatic carbocycles. The molecule has 4 heteroatoms. The van der Waals surface area contributed by atoms with E-state index < -0.39 is 0 Å². The first kappa shape index (κ1) is 11.1. The van der Waals surface area contributed by atoms with E-state index in [2.05, 4.69) is 11.5 Å². The standard InChI is InChI=1S/C13H21N3O/c1-8(7-17-2)11-12(14)16(10-5-6-10)13(15-11)9-3-4-9/h8-10H,3-7,14H2,1-2H3. The van der Waals surface area contributed by atoms with Crippen molar-refractivity contribution in [3.63, 3.8) is 0 Å². The van der Waals surface area contributed by atoms with Crippen molar-refractivity contribution in [1.29, 1.82) is 0 Å². The maximum atomic E-state index is 6.29. The van der Waals surface area contributed by atoms with Crippen molar-refractivity contribution < 1.29 is 4.74 Å². The van der Waals surface area contributed by atoms with Gasteiger partial charge in [0.1, 0.15) is 11.6 Å². The van der Waals surface area contributed by atoms with Gasteiger partial charge < -0.3 is 15.0 Å². The van der Waals surface area contributed by atoms with Gasteiger partial charge in [-0.3, -0.25) is 0 Å². The average molecular weight is 235 g/mol. The fraction of sp³-hybridized carbons (Fsp3) is 0.769. The topological polar surface area (TPSA) is 53.1 Å². The Morgan fingerprint density at radius 2 is 2.12 bits per heavy atom. The summed E-state index contributed by atoms with van der Waals surface area (Å²) in [6.45, 7) is 2.83. The second-order valence-corrected chi connectivity index (χ2v) is 5.47. The van der Waals surface area contributed by atoms with Crippen LogP contribution in [0, 0.1) is 0 Å². The molecule has 3 rings (SSSR count). The molecule has 4 nitrogen and oxygen atoms in total. The van der Waals surface area contributed by atoms with Crippen LogP contribution in [0.5, 0.6) is 0 Å². The van der Waals surface area contributed by atoms with Gasteiger partial charge >= 0.3 is 0 Å². The molecule has 0 saturated heterocycles. The maximum absolute atomic E-state index is 6.29. The summed E-state index contributed by atoms with van der Waals surface area (Å²) in [4.78, 5) is 4.81. The summed E-state index contributed by atoms with van der Waals surface area (Å²) in [7, 11) is 1.73. The van der Waals surface area contributed by atoms with Crippen LogP contribution in [0.1, 0.15) is 62.0 Å². The van der Waals surface area contributed by atoms with Gasteiger partial charge in [0.05, 0.1) is 12.3 Å². The van der Waals surface area contributed by atoms with Crippen molar-refractivity contribution in [3.05, 3.63) is 11.5 Å². The highest BCUT2D eigenvalue weighted by molar-refractivity contribution is 5.43. The van der Waals surface area contributed by atoms with Crippen LogP contribution in [-0.4, -0.2) is 23.3 Å². The summed E-state index contributed by atoms with van der Waals surface area (Å²) < 4.78 is 7.51. The number of rotatable bonds is 5. The molecule has 2 N–H and O–H groups in total. The summed E-state index contributed by atoms with van der Waals surface area (Å²) in [6, 6.07) is 0.626. The molecule has 94 valence electrons. The number of nitrogens with zero attached hydrogens (tertiary/aromatic N) is 2. The van der Waals surface area contributed by atoms with Gasteiger partial charge in [-0.15, -0.1) is 0 Å². The van der Waals surface area contributed by atoms with E-state index in [1.807, 2.05) is 0 Å². The van der Waals surface area contributed by atoms with Crippen LogP contribution in [-0.2, 0) is 4.74 Å². The van der Waals surface area contributed by atoms with Gasteiger partial charge in [-0.1, -0.05) is 6.92 Å². The second kappa shape index (κ2) is 4.02. The monoisotopic (exact) mass is 235 g/mol. The molecule has 2 saturated carbocycles. The van der Waals surface area contributed by atoms with E-state index in [0.717, 1.165) is 11.5 Å². The smallest absolute Gasteiger partial charge is 0.127 e. The highest BCUT2D eigenvalue weighted by atomic mass is 16.5. The van der Waals surface area contributed by atoms with E-state index in [-0.39, 0.29) is 5.92 Å². The molecular formula is C13H21N3O. The number of methoxy groups -OCH3 is 1. The fourth-order valence-corrected chi connectivity index (χ4v) is 2.52. The van der Waals surface area contributed by atoms with E-state index in [0.29, 0.717) is 18.6 Å². The number of nitrogen functional groups attached to an aromatic ring is 1. The number of hydrogen-bond donors (Lipinski definition) is 1. The summed E-state index contributed by atoms with van der Waals surface area (Å²) >= 11 is 0. The van der Waals surface area contributed by atoms with Crippen LogP contribution in [0.15, 0.2) is 0 Å². The third kappa shape index (κ3) is 1.95. The van der Waals surface area contributed by atoms with E-state index in [9.17, 15) is 0 Å². The van der Waals surface area contributed by atoms with E-state index in [4.69, 9.17) is 15.5 Å². The van der Waals surface area contributed by atoms with Crippen molar-refractivity contribution in [3.8, 4) is 0 Å². The molecule has 0 bridgehead atoms. The van der Waals surface area contributed by atoms with Gasteiger partial charge in [0.15, 0.2) is 0 Å². The van der Waals surface area contributed by atoms with Crippen LogP contribution >= 0.6 is 0 Å². The Bertz CT molecular complexity index is 419. The lowest BCUT2D eigenvalue weighted by atomic mass is 10.1. The summed E-state index contributed by atoms with van der Waals surface area (Å²) in [5.41, 5.74) is 7.33. The Kier molecular flexibility index (Phi) is 2.62. The first-order valence-corrected chi connectivity index (χ1v) is 6.58. The lowest BCUT2D eigenvalue weighted by Crippen LogP contribution is -2.07. The number of anilines is 1. The van der Waals surface area contributed by atoms with Crippen molar-refractivity contribution in [1.82, 2.24) is 9.55 Å². The van der Waals surface area contributed by atoms with Crippen molar-refractivity contribution in [2.24, 2.45) is 0 Å². The maximum Gasteiger partial charge on any atom is 0.127 e. The lowest BCUT2D eigenvalue weighted by Gasteiger charge is -2.10. The molecule has 0 aliphatic heterocycles. The molecule has 1 atom stereocenters. The van der Waals surface area contributed by atoms with Gasteiger partial charge in [-0.05, 0) is 25.7 Å². The SMILES string of the molecule is COCC(C)c1nc(C2CC2)n(C2CC2)c1N. The molecular weight excluding hydrogens is 214 g/mol. The zero-order valence-electron chi connectivity index (χ0n) is 10.6. The Labute approximate surface area is 102 Å². The molecule has 1 aromatic rings. The average Bonchev–Trinajstić information content (AvgIpc) is 3.17. The molecule has 0 aromatic carbocycles. The molecule has 0 radical (unpaired) electrons. The van der Waals surface area contributed by atoms with Crippen LogP contribution in [0.25, 0.3) is 0 Å². The summed E-state index contributed by atoms with van der Waals surface area (Å²) in [6.07, 6.45) is 5.08. The predicted molar refractivity (Wildman–Crippen MR) is 67.2 cm³/mol. The van der Waals surface area contributed by atoms with Gasteiger partial charge in [0, 0.05) is 25.0 Å². The third-order valence-corrected chi connectivity index (χ3v) is 3.74. The van der Waals surface area contributed by atoms with Crippen LogP contribution in [0.4, 0.5) is 5.82 Å². The Morgan fingerprint density at radius 1 is 1.41 bits per heavy atom. The van der Waals surface area contributed by atoms with Gasteiger partial charge in [-0.2, -0.15) is 0 Å². The zero-order valence-corrected chi connectivity index (χ0v) is 10.6. The van der Waals surface area contributed by atoms with Gasteiger partial charge in [0.2, 0.25) is 0 Å². The number of nitrogens with two attached hydrogens (primary N) is 1. The zero-order chi connectivity index (χ0) is 12.0. The minimum absolute atomic E-state index is 0.289. The minimum atomic E-state index is 0.289. The summed E-state index contributed by atoms with van der Waals surface area (Å²) in [5, 5.41) is 0. The van der Waals surface area contributed by atoms with Crippen LogP contribution in [0.3, 0.4) is 0 Å². The van der Waals surface area contributed by atoms with E-state index in [1.165, 1.54) is 31.5 Å². The third-order valence-electron chi connectivity index (χ3n) is 3.74. The van der Waals surface area contributed by atoms with Crippen molar-refractivity contribution >= 4 is 5.82 Å². The normalized spacial score (nSPS) is 21.8. The number of aromatic nitrogens is 2. The van der Waals surface area contributed by atoms with Gasteiger partial charge in [0.25, 0.3) is 0 Å². The fourth-order valence-electron chi connectivity index (χ4n) is 2.52. The van der Waals surface area contributed by atoms with Gasteiger partial charge in [-0.25, -0.2) is 4.98 Å². The molecule has 1 aromatic heterocycles. The van der Waals surface area contributed by atoms with Crippen molar-refractivity contribution in [2.45, 2.75) is 50.5 Å². The number of hydrogen-bond acceptors (Lipinski definition) is 3. The minimum Gasteiger partial charge on any atom is -0.384 e. The van der Waals surface area contributed by atoms with Crippen LogP contribution < -0.4 is 5.73 Å². The predicted octanol–water partition coefficient (Wildman–Crippen LogP) is 2.43. The Balaban J connectivity index is 1.95. The Hall–Kier alpha value is -1.03. The second-order valence-electron chi connectivity index (χ2n) is 5.47. The first-order chi connectivity index (χ1) is 8.22. The lowest BCUT2D eigenvalue weighted by molar-refractivity contribution is 0.183. The van der Waals surface area contributed by atoms with E-state index >= 15 is 0 Å². The molecule has 17 heavy (non-hydrogen) atoms. The van der Waals surface area contributed by atoms with Crippen molar-refractivity contribution in [2.75, 3.05) is 19.5 Å². The largest absolute Gasteiger partial charge is 0.384 e. The molecule has 0 spiro atoms. The number of ether oxygens (including phenoxy) is 1. The molecule has 2 aliphatic rings. The molecule has 1 unspecified atom stereocenters. The Morgan fingerprint density at radius 3 is 2.65 bits per heavy atom. The van der Waals surface area contributed by atoms with Crippen LogP contribution in [0.2, 0.25) is 0 Å². The molecule has 1 heterocycles. The first-order valence-electron chi connectivity index (χ1n) is 6.58. The highest BCUT2D eigenvalue weighted by Crippen LogP contribution is 2.47. The quantitative estimate of drug-likeness (QED) is 0.852. The highest BCUT2D eigenvalue weighted by Gasteiger charge is 2.37. The van der Waals surface area contributed by atoms with E-state index in [1.54, 1.807) is 7.11 Å². The molecule has 0 amide bonds.